The van der Waals surface area contributed by atoms with E-state index in [9.17, 15) is 9.18 Å². The average molecular weight is 245 g/mol. The van der Waals surface area contributed by atoms with Gasteiger partial charge in [0.15, 0.2) is 0 Å². The second kappa shape index (κ2) is 4.83. The standard InChI is InChI=1S/C13H12FN3O/c1-8-11(6-7-12(15)16-8)17-13(18)9-4-2-3-5-10(9)14/h2-7H,1H3,(H2,15,16)(H,17,18). The number of hydrogen-bond donors (Lipinski definition) is 2. The van der Waals surface area contributed by atoms with E-state index in [4.69, 9.17) is 5.73 Å². The molecule has 1 aromatic heterocycles. The Labute approximate surface area is 104 Å². The van der Waals surface area contributed by atoms with E-state index in [-0.39, 0.29) is 5.56 Å². The molecule has 2 rings (SSSR count). The van der Waals surface area contributed by atoms with Gasteiger partial charge < -0.3 is 11.1 Å². The van der Waals surface area contributed by atoms with Crippen molar-refractivity contribution in [1.82, 2.24) is 4.98 Å². The third kappa shape index (κ3) is 2.45. The molecule has 3 N–H and O–H groups in total. The molecule has 5 heteroatoms. The lowest BCUT2D eigenvalue weighted by atomic mass is 10.2. The van der Waals surface area contributed by atoms with Crippen LogP contribution in [0.15, 0.2) is 36.4 Å². The molecule has 0 bridgehead atoms. The van der Waals surface area contributed by atoms with Crippen molar-refractivity contribution in [2.75, 3.05) is 11.1 Å². The third-order valence-electron chi connectivity index (χ3n) is 2.47. The summed E-state index contributed by atoms with van der Waals surface area (Å²) >= 11 is 0. The van der Waals surface area contributed by atoms with Gasteiger partial charge >= 0.3 is 0 Å². The number of hydrogen-bond acceptors (Lipinski definition) is 3. The molecule has 0 atom stereocenters. The Hall–Kier alpha value is -2.43. The van der Waals surface area contributed by atoms with Gasteiger partial charge in [-0.3, -0.25) is 4.79 Å². The molecule has 18 heavy (non-hydrogen) atoms. The van der Waals surface area contributed by atoms with Crippen LogP contribution in [0.1, 0.15) is 16.1 Å². The highest BCUT2D eigenvalue weighted by atomic mass is 19.1. The van der Waals surface area contributed by atoms with Crippen LogP contribution in [0, 0.1) is 12.7 Å². The summed E-state index contributed by atoms with van der Waals surface area (Å²) in [7, 11) is 0. The van der Waals surface area contributed by atoms with E-state index in [0.717, 1.165) is 0 Å². The van der Waals surface area contributed by atoms with E-state index >= 15 is 0 Å². The summed E-state index contributed by atoms with van der Waals surface area (Å²) in [5, 5.41) is 2.60. The Kier molecular flexibility index (Phi) is 3.23. The highest BCUT2D eigenvalue weighted by Gasteiger charge is 2.12. The van der Waals surface area contributed by atoms with Gasteiger partial charge in [0.25, 0.3) is 5.91 Å². The molecule has 0 saturated heterocycles. The number of aryl methyl sites for hydroxylation is 1. The number of rotatable bonds is 2. The molecule has 2 aromatic rings. The number of carbonyl (C=O) groups excluding carboxylic acids is 1. The number of anilines is 2. The summed E-state index contributed by atoms with van der Waals surface area (Å²) in [5.41, 5.74) is 6.60. The highest BCUT2D eigenvalue weighted by molar-refractivity contribution is 6.04. The Morgan fingerprint density at radius 3 is 2.67 bits per heavy atom. The molecular weight excluding hydrogens is 233 g/mol. The number of nitrogens with one attached hydrogen (secondary N) is 1. The summed E-state index contributed by atoms with van der Waals surface area (Å²) in [4.78, 5) is 15.9. The first-order chi connectivity index (χ1) is 8.58. The number of nitrogen functional groups attached to an aromatic ring is 1. The molecule has 1 amide bonds. The van der Waals surface area contributed by atoms with Crippen molar-refractivity contribution >= 4 is 17.4 Å². The van der Waals surface area contributed by atoms with E-state index in [1.807, 2.05) is 0 Å². The highest BCUT2D eigenvalue weighted by Crippen LogP contribution is 2.16. The number of carbonyl (C=O) groups is 1. The monoisotopic (exact) mass is 245 g/mol. The van der Waals surface area contributed by atoms with Gasteiger partial charge in [-0.15, -0.1) is 0 Å². The van der Waals surface area contributed by atoms with Crippen LogP contribution in [0.25, 0.3) is 0 Å². The van der Waals surface area contributed by atoms with E-state index in [1.54, 1.807) is 25.1 Å². The first kappa shape index (κ1) is 12.0. The zero-order valence-corrected chi connectivity index (χ0v) is 9.77. The van der Waals surface area contributed by atoms with E-state index < -0.39 is 11.7 Å². The van der Waals surface area contributed by atoms with Crippen molar-refractivity contribution in [3.05, 3.63) is 53.5 Å². The Morgan fingerprint density at radius 2 is 2.00 bits per heavy atom. The maximum Gasteiger partial charge on any atom is 0.258 e. The van der Waals surface area contributed by atoms with E-state index in [1.165, 1.54) is 18.2 Å². The van der Waals surface area contributed by atoms with Gasteiger partial charge in [-0.1, -0.05) is 12.1 Å². The minimum absolute atomic E-state index is 0.00581. The van der Waals surface area contributed by atoms with Gasteiger partial charge in [0, 0.05) is 0 Å². The number of aromatic nitrogens is 1. The summed E-state index contributed by atoms with van der Waals surface area (Å²) in [5.74, 6) is -0.699. The minimum atomic E-state index is -0.559. The molecule has 1 heterocycles. The van der Waals surface area contributed by atoms with Crippen molar-refractivity contribution in [3.63, 3.8) is 0 Å². The molecule has 0 aliphatic heterocycles. The molecule has 4 nitrogen and oxygen atoms in total. The zero-order valence-electron chi connectivity index (χ0n) is 9.77. The van der Waals surface area contributed by atoms with Gasteiger partial charge in [0.1, 0.15) is 11.6 Å². The van der Waals surface area contributed by atoms with E-state index in [0.29, 0.717) is 17.2 Å². The molecule has 0 unspecified atom stereocenters. The topological polar surface area (TPSA) is 68.0 Å². The quantitative estimate of drug-likeness (QED) is 0.853. The lowest BCUT2D eigenvalue weighted by Crippen LogP contribution is -2.15. The number of amides is 1. The predicted octanol–water partition coefficient (Wildman–Crippen LogP) is 2.36. The second-order valence-electron chi connectivity index (χ2n) is 3.80. The first-order valence-corrected chi connectivity index (χ1v) is 5.37. The summed E-state index contributed by atoms with van der Waals surface area (Å²) in [6.45, 7) is 1.72. The maximum absolute atomic E-state index is 13.4. The third-order valence-corrected chi connectivity index (χ3v) is 2.47. The molecule has 0 aliphatic rings. The van der Waals surface area contributed by atoms with Crippen LogP contribution < -0.4 is 11.1 Å². The fraction of sp³-hybridized carbons (Fsp3) is 0.0769. The summed E-state index contributed by atoms with van der Waals surface area (Å²) in [6, 6.07) is 9.00. The fourth-order valence-corrected chi connectivity index (χ4v) is 1.55. The zero-order chi connectivity index (χ0) is 13.1. The maximum atomic E-state index is 13.4. The lowest BCUT2D eigenvalue weighted by molar-refractivity contribution is 0.102. The Bertz CT molecular complexity index is 599. The smallest absolute Gasteiger partial charge is 0.258 e. The van der Waals surface area contributed by atoms with Crippen molar-refractivity contribution in [2.45, 2.75) is 6.92 Å². The number of nitrogens with two attached hydrogens (primary N) is 1. The van der Waals surface area contributed by atoms with Crippen molar-refractivity contribution in [3.8, 4) is 0 Å². The first-order valence-electron chi connectivity index (χ1n) is 5.37. The number of nitrogens with zero attached hydrogens (tertiary/aromatic N) is 1. The minimum Gasteiger partial charge on any atom is -0.384 e. The molecule has 0 spiro atoms. The predicted molar refractivity (Wildman–Crippen MR) is 67.7 cm³/mol. The van der Waals surface area contributed by atoms with Crippen LogP contribution in [0.2, 0.25) is 0 Å². The van der Waals surface area contributed by atoms with Crippen LogP contribution in [0.4, 0.5) is 15.9 Å². The van der Waals surface area contributed by atoms with E-state index in [2.05, 4.69) is 10.3 Å². The number of pyridine rings is 1. The normalized spacial score (nSPS) is 10.1. The van der Waals surface area contributed by atoms with Crippen molar-refractivity contribution < 1.29 is 9.18 Å². The largest absolute Gasteiger partial charge is 0.384 e. The molecule has 0 radical (unpaired) electrons. The number of benzene rings is 1. The summed E-state index contributed by atoms with van der Waals surface area (Å²) < 4.78 is 13.4. The van der Waals surface area contributed by atoms with Crippen molar-refractivity contribution in [1.29, 1.82) is 0 Å². The lowest BCUT2D eigenvalue weighted by Gasteiger charge is -2.08. The Balaban J connectivity index is 2.24. The SMILES string of the molecule is Cc1nc(N)ccc1NC(=O)c1ccccc1F. The fourth-order valence-electron chi connectivity index (χ4n) is 1.55. The van der Waals surface area contributed by atoms with Gasteiger partial charge in [-0.2, -0.15) is 0 Å². The van der Waals surface area contributed by atoms with Crippen LogP contribution in [-0.4, -0.2) is 10.9 Å². The molecule has 0 fully saturated rings. The molecule has 0 aliphatic carbocycles. The average Bonchev–Trinajstić information content (AvgIpc) is 2.33. The van der Waals surface area contributed by atoms with Crippen LogP contribution in [0.3, 0.4) is 0 Å². The van der Waals surface area contributed by atoms with Gasteiger partial charge in [-0.25, -0.2) is 9.37 Å². The van der Waals surface area contributed by atoms with Crippen molar-refractivity contribution in [2.24, 2.45) is 0 Å². The molecule has 92 valence electrons. The van der Waals surface area contributed by atoms with Gasteiger partial charge in [-0.05, 0) is 31.2 Å². The molecular formula is C13H12FN3O. The van der Waals surface area contributed by atoms with Crippen LogP contribution in [-0.2, 0) is 0 Å². The van der Waals surface area contributed by atoms with Gasteiger partial charge in [0.2, 0.25) is 0 Å². The molecule has 0 saturated carbocycles. The second-order valence-corrected chi connectivity index (χ2v) is 3.80. The Morgan fingerprint density at radius 1 is 1.28 bits per heavy atom. The van der Waals surface area contributed by atoms with Crippen LogP contribution >= 0.6 is 0 Å². The van der Waals surface area contributed by atoms with Gasteiger partial charge in [0.05, 0.1) is 16.9 Å². The van der Waals surface area contributed by atoms with Crippen LogP contribution in [0.5, 0.6) is 0 Å². The number of halogens is 1. The molecule has 1 aromatic carbocycles. The summed E-state index contributed by atoms with van der Waals surface area (Å²) in [6.07, 6.45) is 0.